The zero-order chi connectivity index (χ0) is 9.84. The normalized spacial score (nSPS) is 31.2. The summed E-state index contributed by atoms with van der Waals surface area (Å²) in [6, 6.07) is -0.422. The van der Waals surface area contributed by atoms with Crippen LogP contribution in [0.4, 0.5) is 0 Å². The van der Waals surface area contributed by atoms with Crippen LogP contribution in [-0.4, -0.2) is 11.9 Å². The molecule has 0 aromatic heterocycles. The quantitative estimate of drug-likeness (QED) is 0.687. The van der Waals surface area contributed by atoms with Crippen molar-refractivity contribution in [3.63, 3.8) is 0 Å². The van der Waals surface area contributed by atoms with Crippen molar-refractivity contribution < 1.29 is 4.79 Å². The van der Waals surface area contributed by atoms with Crippen LogP contribution < -0.4 is 11.5 Å². The molecular formula is C10H20N2O. The molecule has 3 unspecified atom stereocenters. The Morgan fingerprint density at radius 2 is 2.23 bits per heavy atom. The summed E-state index contributed by atoms with van der Waals surface area (Å²) < 4.78 is 0. The Hall–Kier alpha value is -0.570. The van der Waals surface area contributed by atoms with E-state index in [1.54, 1.807) is 0 Å². The van der Waals surface area contributed by atoms with Gasteiger partial charge < -0.3 is 11.5 Å². The summed E-state index contributed by atoms with van der Waals surface area (Å²) in [7, 11) is 0. The van der Waals surface area contributed by atoms with Gasteiger partial charge in [-0.1, -0.05) is 26.2 Å². The summed E-state index contributed by atoms with van der Waals surface area (Å²) in [4.78, 5) is 10.9. The van der Waals surface area contributed by atoms with Gasteiger partial charge in [-0.2, -0.15) is 0 Å². The maximum atomic E-state index is 10.9. The van der Waals surface area contributed by atoms with Gasteiger partial charge in [0.15, 0.2) is 0 Å². The van der Waals surface area contributed by atoms with Crippen molar-refractivity contribution in [1.29, 1.82) is 0 Å². The number of carbonyl (C=O) groups is 1. The Balaban J connectivity index is 2.46. The maximum Gasteiger partial charge on any atom is 0.234 e. The highest BCUT2D eigenvalue weighted by Gasteiger charge is 2.28. The van der Waals surface area contributed by atoms with E-state index >= 15 is 0 Å². The summed E-state index contributed by atoms with van der Waals surface area (Å²) in [6.45, 7) is 2.20. The predicted octanol–water partition coefficient (Wildman–Crippen LogP) is 1.02. The molecule has 3 heteroatoms. The number of primary amides is 1. The second-order valence-electron chi connectivity index (χ2n) is 4.13. The molecule has 0 spiro atoms. The second kappa shape index (κ2) is 4.61. The molecule has 0 aromatic carbocycles. The topological polar surface area (TPSA) is 69.1 Å². The zero-order valence-corrected chi connectivity index (χ0v) is 8.33. The van der Waals surface area contributed by atoms with Crippen molar-refractivity contribution >= 4 is 5.91 Å². The number of amides is 1. The zero-order valence-electron chi connectivity index (χ0n) is 8.33. The first-order valence-electron chi connectivity index (χ1n) is 5.20. The number of rotatable bonds is 3. The average molecular weight is 184 g/mol. The Labute approximate surface area is 79.9 Å². The number of hydrogen-bond acceptors (Lipinski definition) is 2. The third-order valence-corrected chi connectivity index (χ3v) is 3.24. The lowest BCUT2D eigenvalue weighted by Crippen LogP contribution is -2.44. The monoisotopic (exact) mass is 184 g/mol. The number of nitrogens with two attached hydrogens (primary N) is 2. The van der Waals surface area contributed by atoms with Crippen LogP contribution in [0, 0.1) is 11.8 Å². The molecule has 0 aliphatic heterocycles. The molecule has 0 aromatic rings. The molecule has 1 aliphatic carbocycles. The van der Waals surface area contributed by atoms with Crippen LogP contribution in [0.25, 0.3) is 0 Å². The molecular weight excluding hydrogens is 164 g/mol. The summed E-state index contributed by atoms with van der Waals surface area (Å²) in [6.07, 6.45) is 5.84. The van der Waals surface area contributed by atoms with Crippen LogP contribution in [0.5, 0.6) is 0 Å². The van der Waals surface area contributed by atoms with Gasteiger partial charge in [0.05, 0.1) is 6.04 Å². The van der Waals surface area contributed by atoms with Crippen molar-refractivity contribution in [3.05, 3.63) is 0 Å². The molecule has 4 N–H and O–H groups in total. The van der Waals surface area contributed by atoms with Crippen molar-refractivity contribution in [1.82, 2.24) is 0 Å². The first-order chi connectivity index (χ1) is 6.15. The van der Waals surface area contributed by atoms with E-state index in [1.165, 1.54) is 19.3 Å². The van der Waals surface area contributed by atoms with Gasteiger partial charge in [-0.25, -0.2) is 0 Å². The largest absolute Gasteiger partial charge is 0.368 e. The van der Waals surface area contributed by atoms with E-state index in [0.717, 1.165) is 18.8 Å². The smallest absolute Gasteiger partial charge is 0.234 e. The lowest BCUT2D eigenvalue weighted by atomic mass is 9.77. The minimum absolute atomic E-state index is 0.330. The van der Waals surface area contributed by atoms with Crippen molar-refractivity contribution in [2.24, 2.45) is 23.3 Å². The summed E-state index contributed by atoms with van der Waals surface area (Å²) >= 11 is 0. The van der Waals surface area contributed by atoms with Gasteiger partial charge in [0.25, 0.3) is 0 Å². The van der Waals surface area contributed by atoms with E-state index in [2.05, 4.69) is 6.92 Å². The number of carbonyl (C=O) groups excluding carboxylic acids is 1. The molecule has 1 amide bonds. The van der Waals surface area contributed by atoms with Crippen LogP contribution in [0.3, 0.4) is 0 Å². The SMILES string of the molecule is CCC1CCCC(C(N)C(N)=O)C1. The second-order valence-corrected chi connectivity index (χ2v) is 4.13. The Bertz CT molecular complexity index is 182. The van der Waals surface area contributed by atoms with Gasteiger partial charge in [-0.15, -0.1) is 0 Å². The van der Waals surface area contributed by atoms with E-state index < -0.39 is 6.04 Å². The molecule has 3 nitrogen and oxygen atoms in total. The molecule has 1 rings (SSSR count). The molecule has 13 heavy (non-hydrogen) atoms. The first kappa shape index (κ1) is 10.5. The molecule has 3 atom stereocenters. The van der Waals surface area contributed by atoms with Crippen molar-refractivity contribution in [3.8, 4) is 0 Å². The fourth-order valence-electron chi connectivity index (χ4n) is 2.26. The predicted molar refractivity (Wildman–Crippen MR) is 52.9 cm³/mol. The van der Waals surface area contributed by atoms with Crippen molar-refractivity contribution in [2.75, 3.05) is 0 Å². The number of hydrogen-bond donors (Lipinski definition) is 2. The maximum absolute atomic E-state index is 10.9. The Morgan fingerprint density at radius 3 is 2.77 bits per heavy atom. The highest BCUT2D eigenvalue weighted by molar-refractivity contribution is 5.79. The molecule has 76 valence electrons. The van der Waals surface area contributed by atoms with Crippen LogP contribution >= 0.6 is 0 Å². The van der Waals surface area contributed by atoms with Crippen molar-refractivity contribution in [2.45, 2.75) is 45.1 Å². The third kappa shape index (κ3) is 2.69. The van der Waals surface area contributed by atoms with E-state index in [4.69, 9.17) is 11.5 Å². The van der Waals surface area contributed by atoms with Crippen LogP contribution in [0.2, 0.25) is 0 Å². The van der Waals surface area contributed by atoms with Gasteiger partial charge >= 0.3 is 0 Å². The van der Waals surface area contributed by atoms with Crippen LogP contribution in [-0.2, 0) is 4.79 Å². The van der Waals surface area contributed by atoms with Gasteiger partial charge in [-0.3, -0.25) is 4.79 Å². The lowest BCUT2D eigenvalue weighted by molar-refractivity contribution is -0.120. The molecule has 1 fully saturated rings. The fourth-order valence-corrected chi connectivity index (χ4v) is 2.26. The molecule has 0 heterocycles. The Kier molecular flexibility index (Phi) is 3.72. The minimum Gasteiger partial charge on any atom is -0.368 e. The van der Waals surface area contributed by atoms with E-state index in [1.807, 2.05) is 0 Å². The molecule has 0 bridgehead atoms. The minimum atomic E-state index is -0.422. The lowest BCUT2D eigenvalue weighted by Gasteiger charge is -2.30. The van der Waals surface area contributed by atoms with Gasteiger partial charge in [-0.05, 0) is 24.7 Å². The van der Waals surface area contributed by atoms with Crippen LogP contribution in [0.1, 0.15) is 39.0 Å². The van der Waals surface area contributed by atoms with Crippen LogP contribution in [0.15, 0.2) is 0 Å². The molecule has 1 aliphatic rings. The van der Waals surface area contributed by atoms with E-state index in [9.17, 15) is 4.79 Å². The average Bonchev–Trinajstić information content (AvgIpc) is 2.16. The summed E-state index contributed by atoms with van der Waals surface area (Å²) in [5, 5.41) is 0. The summed E-state index contributed by atoms with van der Waals surface area (Å²) in [5.41, 5.74) is 10.9. The summed E-state index contributed by atoms with van der Waals surface area (Å²) in [5.74, 6) is 0.738. The van der Waals surface area contributed by atoms with Gasteiger partial charge in [0.2, 0.25) is 5.91 Å². The standard InChI is InChI=1S/C10H20N2O/c1-2-7-4-3-5-8(6-7)9(11)10(12)13/h7-9H,2-6,11H2,1H3,(H2,12,13). The van der Waals surface area contributed by atoms with E-state index in [0.29, 0.717) is 5.92 Å². The van der Waals surface area contributed by atoms with E-state index in [-0.39, 0.29) is 5.91 Å². The van der Waals surface area contributed by atoms with Gasteiger partial charge in [0.1, 0.15) is 0 Å². The van der Waals surface area contributed by atoms with Gasteiger partial charge in [0, 0.05) is 0 Å². The Morgan fingerprint density at radius 1 is 1.54 bits per heavy atom. The highest BCUT2D eigenvalue weighted by atomic mass is 16.1. The molecule has 1 saturated carbocycles. The third-order valence-electron chi connectivity index (χ3n) is 3.24. The molecule has 0 radical (unpaired) electrons. The highest BCUT2D eigenvalue weighted by Crippen LogP contribution is 2.32. The molecule has 0 saturated heterocycles. The first-order valence-corrected chi connectivity index (χ1v) is 5.20. The fraction of sp³-hybridized carbons (Fsp3) is 0.900.